The summed E-state index contributed by atoms with van der Waals surface area (Å²) in [7, 11) is 0. The smallest absolute Gasteiger partial charge is 0.269 e. The summed E-state index contributed by atoms with van der Waals surface area (Å²) in [6.45, 7) is 1.80. The van der Waals surface area contributed by atoms with Gasteiger partial charge in [-0.25, -0.2) is 4.98 Å². The Morgan fingerprint density at radius 1 is 1.50 bits per heavy atom. The Morgan fingerprint density at radius 2 is 2.28 bits per heavy atom. The van der Waals surface area contributed by atoms with Gasteiger partial charge in [-0.3, -0.25) is 10.1 Å². The van der Waals surface area contributed by atoms with Gasteiger partial charge < -0.3 is 4.42 Å². The number of hydrogen-bond acceptors (Lipinski definition) is 4. The van der Waals surface area contributed by atoms with Crippen LogP contribution in [0.5, 0.6) is 0 Å². The third kappa shape index (κ3) is 2.51. The number of alkyl halides is 1. The second-order valence-electron chi connectivity index (χ2n) is 3.81. The van der Waals surface area contributed by atoms with Crippen LogP contribution in [0.15, 0.2) is 28.8 Å². The highest BCUT2D eigenvalue weighted by Crippen LogP contribution is 2.27. The third-order valence-electron chi connectivity index (χ3n) is 2.55. The molecule has 2 aromatic rings. The first-order valence-electron chi connectivity index (χ1n) is 5.38. The highest BCUT2D eigenvalue weighted by Gasteiger charge is 2.12. The maximum atomic E-state index is 10.6. The first-order valence-corrected chi connectivity index (χ1v) is 5.91. The molecular weight excluding hydrogens is 256 g/mol. The second-order valence-corrected chi connectivity index (χ2v) is 4.19. The van der Waals surface area contributed by atoms with Crippen LogP contribution in [0.2, 0.25) is 0 Å². The lowest BCUT2D eigenvalue weighted by Crippen LogP contribution is -1.89. The molecule has 0 saturated heterocycles. The van der Waals surface area contributed by atoms with E-state index >= 15 is 0 Å². The Labute approximate surface area is 109 Å². The Balaban J connectivity index is 2.35. The lowest BCUT2D eigenvalue weighted by atomic mass is 10.1. The molecule has 5 nitrogen and oxygen atoms in total. The summed E-state index contributed by atoms with van der Waals surface area (Å²) in [6.07, 6.45) is 2.17. The molecule has 18 heavy (non-hydrogen) atoms. The number of non-ortho nitro benzene ring substituents is 1. The van der Waals surface area contributed by atoms with Gasteiger partial charge in [0.25, 0.3) is 5.69 Å². The van der Waals surface area contributed by atoms with Crippen LogP contribution >= 0.6 is 11.6 Å². The molecule has 0 saturated carbocycles. The second kappa shape index (κ2) is 5.18. The van der Waals surface area contributed by atoms with Crippen LogP contribution < -0.4 is 0 Å². The van der Waals surface area contributed by atoms with Crippen LogP contribution in [0.4, 0.5) is 5.69 Å². The molecule has 1 heterocycles. The van der Waals surface area contributed by atoms with Crippen molar-refractivity contribution in [1.29, 1.82) is 0 Å². The molecule has 0 aliphatic heterocycles. The van der Waals surface area contributed by atoms with Crippen molar-refractivity contribution < 1.29 is 9.34 Å². The zero-order valence-corrected chi connectivity index (χ0v) is 10.5. The van der Waals surface area contributed by atoms with E-state index in [4.69, 9.17) is 16.0 Å². The zero-order valence-electron chi connectivity index (χ0n) is 9.72. The predicted octanol–water partition coefficient (Wildman–Crippen LogP) is 3.34. The minimum absolute atomic E-state index is 0.0664. The van der Waals surface area contributed by atoms with Gasteiger partial charge in [0.2, 0.25) is 0 Å². The summed E-state index contributed by atoms with van der Waals surface area (Å²) in [4.78, 5) is 14.3. The van der Waals surface area contributed by atoms with Crippen LogP contribution in [-0.2, 0) is 6.42 Å². The van der Waals surface area contributed by atoms with E-state index in [-0.39, 0.29) is 5.69 Å². The standard InChI is InChI=1S/C12H11ClN2O3/c1-8-6-9(15(16)17)2-3-10(8)11-7-14-12(18-11)4-5-13/h2-3,6-7H,4-5H2,1H3. The Hall–Kier alpha value is -1.88. The van der Waals surface area contributed by atoms with Crippen LogP contribution in [0.25, 0.3) is 11.3 Å². The van der Waals surface area contributed by atoms with Gasteiger partial charge in [0, 0.05) is 30.0 Å². The maximum absolute atomic E-state index is 10.6. The molecule has 0 aliphatic rings. The molecule has 0 unspecified atom stereocenters. The number of oxazole rings is 1. The van der Waals surface area contributed by atoms with E-state index in [0.29, 0.717) is 24.0 Å². The van der Waals surface area contributed by atoms with E-state index in [1.165, 1.54) is 12.1 Å². The van der Waals surface area contributed by atoms with Crippen molar-refractivity contribution in [3.63, 3.8) is 0 Å². The van der Waals surface area contributed by atoms with Gasteiger partial charge in [0.05, 0.1) is 11.1 Å². The van der Waals surface area contributed by atoms with Gasteiger partial charge in [0.15, 0.2) is 11.7 Å². The molecule has 0 amide bonds. The van der Waals surface area contributed by atoms with Gasteiger partial charge in [0.1, 0.15) is 0 Å². The van der Waals surface area contributed by atoms with E-state index < -0.39 is 4.92 Å². The Kier molecular flexibility index (Phi) is 3.62. The highest BCUT2D eigenvalue weighted by atomic mass is 35.5. The number of aromatic nitrogens is 1. The van der Waals surface area contributed by atoms with E-state index in [1.807, 2.05) is 0 Å². The van der Waals surface area contributed by atoms with Crippen molar-refractivity contribution in [2.45, 2.75) is 13.3 Å². The molecule has 1 aromatic carbocycles. The van der Waals surface area contributed by atoms with Gasteiger partial charge in [-0.15, -0.1) is 11.6 Å². The maximum Gasteiger partial charge on any atom is 0.269 e. The summed E-state index contributed by atoms with van der Waals surface area (Å²) in [6, 6.07) is 4.63. The molecule has 0 spiro atoms. The minimum atomic E-state index is -0.421. The number of nitrogens with zero attached hydrogens (tertiary/aromatic N) is 2. The fourth-order valence-corrected chi connectivity index (χ4v) is 1.83. The topological polar surface area (TPSA) is 69.2 Å². The molecule has 0 atom stereocenters. The molecule has 1 aromatic heterocycles. The van der Waals surface area contributed by atoms with Crippen molar-refractivity contribution in [3.05, 3.63) is 46.0 Å². The first kappa shape index (κ1) is 12.6. The largest absolute Gasteiger partial charge is 0.441 e. The quantitative estimate of drug-likeness (QED) is 0.483. The summed E-state index contributed by atoms with van der Waals surface area (Å²) in [5.41, 5.74) is 1.64. The molecule has 0 bridgehead atoms. The highest BCUT2D eigenvalue weighted by molar-refractivity contribution is 6.17. The van der Waals surface area contributed by atoms with Crippen LogP contribution in [0.1, 0.15) is 11.5 Å². The molecule has 0 aliphatic carbocycles. The summed E-state index contributed by atoms with van der Waals surface area (Å²) in [5, 5.41) is 10.6. The lowest BCUT2D eigenvalue weighted by molar-refractivity contribution is -0.384. The molecule has 0 fully saturated rings. The van der Waals surface area contributed by atoms with Crippen molar-refractivity contribution in [3.8, 4) is 11.3 Å². The van der Waals surface area contributed by atoms with E-state index in [9.17, 15) is 10.1 Å². The van der Waals surface area contributed by atoms with Crippen LogP contribution in [0, 0.1) is 17.0 Å². The number of benzene rings is 1. The van der Waals surface area contributed by atoms with E-state index in [0.717, 1.165) is 11.1 Å². The van der Waals surface area contributed by atoms with Crippen molar-refractivity contribution >= 4 is 17.3 Å². The van der Waals surface area contributed by atoms with Crippen molar-refractivity contribution in [2.75, 3.05) is 5.88 Å². The van der Waals surface area contributed by atoms with Gasteiger partial charge in [-0.1, -0.05) is 0 Å². The molecule has 94 valence electrons. The van der Waals surface area contributed by atoms with E-state index in [2.05, 4.69) is 4.98 Å². The molecular formula is C12H11ClN2O3. The van der Waals surface area contributed by atoms with Gasteiger partial charge >= 0.3 is 0 Å². The Bertz CT molecular complexity index is 580. The fourth-order valence-electron chi connectivity index (χ4n) is 1.67. The number of halogens is 1. The lowest BCUT2D eigenvalue weighted by Gasteiger charge is -2.01. The fraction of sp³-hybridized carbons (Fsp3) is 0.250. The van der Waals surface area contributed by atoms with Crippen LogP contribution in [-0.4, -0.2) is 15.8 Å². The number of rotatable bonds is 4. The number of hydrogen-bond donors (Lipinski definition) is 0. The average molecular weight is 267 g/mol. The third-order valence-corrected chi connectivity index (χ3v) is 2.74. The SMILES string of the molecule is Cc1cc([N+](=O)[O-])ccc1-c1cnc(CCCl)o1. The number of nitro benzene ring substituents is 1. The normalized spacial score (nSPS) is 10.6. The van der Waals surface area contributed by atoms with Gasteiger partial charge in [-0.05, 0) is 18.6 Å². The monoisotopic (exact) mass is 266 g/mol. The molecule has 0 N–H and O–H groups in total. The van der Waals surface area contributed by atoms with Crippen LogP contribution in [0.3, 0.4) is 0 Å². The Morgan fingerprint density at radius 3 is 2.89 bits per heavy atom. The van der Waals surface area contributed by atoms with E-state index in [1.54, 1.807) is 19.2 Å². The van der Waals surface area contributed by atoms with Crippen molar-refractivity contribution in [1.82, 2.24) is 4.98 Å². The summed E-state index contributed by atoms with van der Waals surface area (Å²) >= 11 is 5.60. The van der Waals surface area contributed by atoms with Gasteiger partial charge in [-0.2, -0.15) is 0 Å². The predicted molar refractivity (Wildman–Crippen MR) is 67.8 cm³/mol. The number of nitro groups is 1. The molecule has 6 heteroatoms. The molecule has 0 radical (unpaired) electrons. The first-order chi connectivity index (χ1) is 8.61. The molecule has 2 rings (SSSR count). The number of aryl methyl sites for hydroxylation is 2. The average Bonchev–Trinajstić information content (AvgIpc) is 2.77. The minimum Gasteiger partial charge on any atom is -0.441 e. The zero-order chi connectivity index (χ0) is 13.1. The van der Waals surface area contributed by atoms with Crippen molar-refractivity contribution in [2.24, 2.45) is 0 Å². The summed E-state index contributed by atoms with van der Waals surface area (Å²) < 4.78 is 5.53. The summed E-state index contributed by atoms with van der Waals surface area (Å²) in [5.74, 6) is 1.61.